The monoisotopic (exact) mass is 256 g/mol. The zero-order chi connectivity index (χ0) is 12.9. The molecular weight excluding hydrogens is 232 g/mol. The van der Waals surface area contributed by atoms with Crippen molar-refractivity contribution in [3.05, 3.63) is 16.1 Å². The molecule has 4 heteroatoms. The maximum absolute atomic E-state index is 6.01. The molecular formula is C13H24N2OS. The van der Waals surface area contributed by atoms with E-state index in [1.165, 1.54) is 0 Å². The van der Waals surface area contributed by atoms with Crippen LogP contribution in [-0.4, -0.2) is 24.2 Å². The first-order valence-corrected chi connectivity index (χ1v) is 7.09. The van der Waals surface area contributed by atoms with Gasteiger partial charge in [0.15, 0.2) is 0 Å². The normalized spacial score (nSPS) is 13.9. The Kier molecular flexibility index (Phi) is 5.56. The van der Waals surface area contributed by atoms with Crippen molar-refractivity contribution >= 4 is 11.3 Å². The summed E-state index contributed by atoms with van der Waals surface area (Å²) >= 11 is 1.70. The van der Waals surface area contributed by atoms with Gasteiger partial charge in [-0.2, -0.15) is 0 Å². The number of hydrogen-bond donors (Lipinski definition) is 1. The highest BCUT2D eigenvalue weighted by Crippen LogP contribution is 2.24. The fourth-order valence-corrected chi connectivity index (χ4v) is 2.53. The standard InChI is InChI=1S/C13H24N2OS/c1-5-6-16-8-10(14)7-12-15-11(9-17-12)13(2,3)4/h9-10H,5-8,14H2,1-4H3. The molecule has 0 aromatic carbocycles. The van der Waals surface area contributed by atoms with Gasteiger partial charge in [0.05, 0.1) is 17.3 Å². The van der Waals surface area contributed by atoms with Gasteiger partial charge < -0.3 is 10.5 Å². The van der Waals surface area contributed by atoms with Gasteiger partial charge in [-0.25, -0.2) is 4.98 Å². The number of thiazole rings is 1. The van der Waals surface area contributed by atoms with Crippen molar-refractivity contribution in [1.82, 2.24) is 4.98 Å². The molecule has 0 amide bonds. The quantitative estimate of drug-likeness (QED) is 0.796. The predicted molar refractivity (Wildman–Crippen MR) is 73.6 cm³/mol. The first-order valence-electron chi connectivity index (χ1n) is 6.21. The summed E-state index contributed by atoms with van der Waals surface area (Å²) in [7, 11) is 0. The lowest BCUT2D eigenvalue weighted by molar-refractivity contribution is 0.121. The number of nitrogens with two attached hydrogens (primary N) is 1. The van der Waals surface area contributed by atoms with E-state index in [0.29, 0.717) is 6.61 Å². The van der Waals surface area contributed by atoms with Gasteiger partial charge in [-0.15, -0.1) is 11.3 Å². The summed E-state index contributed by atoms with van der Waals surface area (Å²) in [5.74, 6) is 0. The van der Waals surface area contributed by atoms with Gasteiger partial charge in [0.1, 0.15) is 0 Å². The van der Waals surface area contributed by atoms with Crippen molar-refractivity contribution in [2.75, 3.05) is 13.2 Å². The molecule has 1 unspecified atom stereocenters. The van der Waals surface area contributed by atoms with E-state index in [-0.39, 0.29) is 11.5 Å². The van der Waals surface area contributed by atoms with Crippen molar-refractivity contribution in [2.24, 2.45) is 5.73 Å². The fraction of sp³-hybridized carbons (Fsp3) is 0.769. The molecule has 2 N–H and O–H groups in total. The summed E-state index contributed by atoms with van der Waals surface area (Å²) in [5.41, 5.74) is 7.28. The maximum atomic E-state index is 6.01. The van der Waals surface area contributed by atoms with E-state index in [1.54, 1.807) is 11.3 Å². The van der Waals surface area contributed by atoms with Crippen molar-refractivity contribution in [3.63, 3.8) is 0 Å². The van der Waals surface area contributed by atoms with Crippen LogP contribution in [0.25, 0.3) is 0 Å². The average molecular weight is 256 g/mol. The molecule has 17 heavy (non-hydrogen) atoms. The maximum Gasteiger partial charge on any atom is 0.0944 e. The lowest BCUT2D eigenvalue weighted by atomic mass is 9.93. The first-order chi connectivity index (χ1) is 7.93. The van der Waals surface area contributed by atoms with Crippen LogP contribution in [0.15, 0.2) is 5.38 Å². The molecule has 0 fully saturated rings. The minimum Gasteiger partial charge on any atom is -0.380 e. The summed E-state index contributed by atoms with van der Waals surface area (Å²) < 4.78 is 5.44. The second-order valence-corrected chi connectivity index (χ2v) is 6.36. The van der Waals surface area contributed by atoms with Crippen LogP contribution in [0.3, 0.4) is 0 Å². The van der Waals surface area contributed by atoms with Crippen molar-refractivity contribution in [2.45, 2.75) is 52.0 Å². The Morgan fingerprint density at radius 1 is 1.47 bits per heavy atom. The summed E-state index contributed by atoms with van der Waals surface area (Å²) in [4.78, 5) is 4.63. The molecule has 3 nitrogen and oxygen atoms in total. The van der Waals surface area contributed by atoms with Gasteiger partial charge in [0.2, 0.25) is 0 Å². The SMILES string of the molecule is CCCOCC(N)Cc1nc(C(C)(C)C)cs1. The van der Waals surface area contributed by atoms with E-state index < -0.39 is 0 Å². The second-order valence-electron chi connectivity index (χ2n) is 5.42. The van der Waals surface area contributed by atoms with E-state index >= 15 is 0 Å². The fourth-order valence-electron chi connectivity index (χ4n) is 1.41. The smallest absolute Gasteiger partial charge is 0.0944 e. The van der Waals surface area contributed by atoms with Crippen LogP contribution >= 0.6 is 11.3 Å². The Labute approximate surface area is 108 Å². The molecule has 0 aliphatic heterocycles. The molecule has 0 spiro atoms. The summed E-state index contributed by atoms with van der Waals surface area (Å²) in [5, 5.41) is 3.25. The van der Waals surface area contributed by atoms with Gasteiger partial charge in [-0.05, 0) is 6.42 Å². The molecule has 1 aromatic rings. The van der Waals surface area contributed by atoms with E-state index in [9.17, 15) is 0 Å². The number of hydrogen-bond acceptors (Lipinski definition) is 4. The third kappa shape index (κ3) is 5.15. The van der Waals surface area contributed by atoms with Crippen LogP contribution in [-0.2, 0) is 16.6 Å². The Morgan fingerprint density at radius 3 is 2.71 bits per heavy atom. The molecule has 0 aliphatic carbocycles. The van der Waals surface area contributed by atoms with Gasteiger partial charge >= 0.3 is 0 Å². The lowest BCUT2D eigenvalue weighted by Gasteiger charge is -2.14. The van der Waals surface area contributed by atoms with E-state index in [1.807, 2.05) is 0 Å². The third-order valence-electron chi connectivity index (χ3n) is 2.44. The first kappa shape index (κ1) is 14.6. The van der Waals surface area contributed by atoms with Crippen LogP contribution in [0.2, 0.25) is 0 Å². The number of nitrogens with zero attached hydrogens (tertiary/aromatic N) is 1. The van der Waals surface area contributed by atoms with Crippen LogP contribution in [0.4, 0.5) is 0 Å². The second kappa shape index (κ2) is 6.47. The Balaban J connectivity index is 2.43. The predicted octanol–water partition coefficient (Wildman–Crippen LogP) is 2.74. The highest BCUT2D eigenvalue weighted by Gasteiger charge is 2.18. The molecule has 1 aromatic heterocycles. The van der Waals surface area contributed by atoms with E-state index in [0.717, 1.165) is 30.2 Å². The van der Waals surface area contributed by atoms with E-state index in [4.69, 9.17) is 10.5 Å². The molecule has 0 saturated carbocycles. The molecule has 0 radical (unpaired) electrons. The number of rotatable bonds is 6. The molecule has 0 bridgehead atoms. The van der Waals surface area contributed by atoms with Gasteiger partial charge in [0.25, 0.3) is 0 Å². The molecule has 0 aliphatic rings. The van der Waals surface area contributed by atoms with Crippen molar-refractivity contribution in [3.8, 4) is 0 Å². The zero-order valence-corrected chi connectivity index (χ0v) is 12.1. The van der Waals surface area contributed by atoms with Crippen LogP contribution < -0.4 is 5.73 Å². The van der Waals surface area contributed by atoms with Gasteiger partial charge in [-0.3, -0.25) is 0 Å². The van der Waals surface area contributed by atoms with E-state index in [2.05, 4.69) is 38.1 Å². The molecule has 1 heterocycles. The highest BCUT2D eigenvalue weighted by atomic mass is 32.1. The van der Waals surface area contributed by atoms with Crippen molar-refractivity contribution in [1.29, 1.82) is 0 Å². The Hall–Kier alpha value is -0.450. The molecule has 98 valence electrons. The van der Waals surface area contributed by atoms with Crippen LogP contribution in [0, 0.1) is 0 Å². The summed E-state index contributed by atoms with van der Waals surface area (Å²) in [6, 6.07) is 0.0560. The zero-order valence-electron chi connectivity index (χ0n) is 11.3. The molecule has 1 atom stereocenters. The minimum atomic E-state index is 0.0560. The number of ether oxygens (including phenoxy) is 1. The van der Waals surface area contributed by atoms with Crippen molar-refractivity contribution < 1.29 is 4.74 Å². The topological polar surface area (TPSA) is 48.1 Å². The third-order valence-corrected chi connectivity index (χ3v) is 3.31. The van der Waals surface area contributed by atoms with Crippen LogP contribution in [0.1, 0.15) is 44.8 Å². The van der Waals surface area contributed by atoms with Crippen LogP contribution in [0.5, 0.6) is 0 Å². The average Bonchev–Trinajstić information content (AvgIpc) is 2.66. The largest absolute Gasteiger partial charge is 0.380 e. The highest BCUT2D eigenvalue weighted by molar-refractivity contribution is 7.09. The lowest BCUT2D eigenvalue weighted by Crippen LogP contribution is -2.28. The summed E-state index contributed by atoms with van der Waals surface area (Å²) in [6.07, 6.45) is 1.85. The summed E-state index contributed by atoms with van der Waals surface area (Å²) in [6.45, 7) is 10.0. The molecule has 0 saturated heterocycles. The van der Waals surface area contributed by atoms with Gasteiger partial charge in [0, 0.05) is 29.9 Å². The minimum absolute atomic E-state index is 0.0560. The Morgan fingerprint density at radius 2 is 2.18 bits per heavy atom. The Bertz CT molecular complexity index is 330. The molecule has 1 rings (SSSR count). The number of aromatic nitrogens is 1. The van der Waals surface area contributed by atoms with Gasteiger partial charge in [-0.1, -0.05) is 27.7 Å².